The summed E-state index contributed by atoms with van der Waals surface area (Å²) < 4.78 is 1.86. The molecule has 5 nitrogen and oxygen atoms in total. The van der Waals surface area contributed by atoms with Gasteiger partial charge in [-0.25, -0.2) is 4.98 Å². The molecule has 0 aliphatic carbocycles. The lowest BCUT2D eigenvalue weighted by Gasteiger charge is -2.26. The molecule has 1 amide bonds. The van der Waals surface area contributed by atoms with Crippen molar-refractivity contribution in [2.24, 2.45) is 11.1 Å². The van der Waals surface area contributed by atoms with Crippen LogP contribution in [-0.2, 0) is 4.79 Å². The number of amides is 1. The second kappa shape index (κ2) is 6.10. The van der Waals surface area contributed by atoms with E-state index in [1.165, 1.54) is 0 Å². The second-order valence-electron chi connectivity index (χ2n) is 6.21. The Balaban J connectivity index is 2.12. The van der Waals surface area contributed by atoms with Crippen LogP contribution in [0.3, 0.4) is 0 Å². The smallest absolute Gasteiger partial charge is 0.226 e. The van der Waals surface area contributed by atoms with Crippen LogP contribution in [0.4, 0.5) is 5.69 Å². The van der Waals surface area contributed by atoms with Gasteiger partial charge in [0, 0.05) is 24.9 Å². The van der Waals surface area contributed by atoms with Gasteiger partial charge in [-0.3, -0.25) is 4.79 Å². The molecule has 3 N–H and O–H groups in total. The second-order valence-corrected chi connectivity index (χ2v) is 6.21. The summed E-state index contributed by atoms with van der Waals surface area (Å²) in [7, 11) is 0. The zero-order chi connectivity index (χ0) is 15.5. The number of aromatic nitrogens is 2. The highest BCUT2D eigenvalue weighted by Crippen LogP contribution is 2.22. The molecule has 21 heavy (non-hydrogen) atoms. The van der Waals surface area contributed by atoms with Gasteiger partial charge >= 0.3 is 0 Å². The molecule has 0 aliphatic rings. The summed E-state index contributed by atoms with van der Waals surface area (Å²) in [6, 6.07) is 7.43. The van der Waals surface area contributed by atoms with Gasteiger partial charge in [-0.1, -0.05) is 32.9 Å². The topological polar surface area (TPSA) is 72.9 Å². The van der Waals surface area contributed by atoms with Crippen LogP contribution in [0.15, 0.2) is 43.0 Å². The highest BCUT2D eigenvalue weighted by atomic mass is 16.1. The van der Waals surface area contributed by atoms with E-state index in [1.54, 1.807) is 12.5 Å². The SMILES string of the molecule is CC(C)(C)C(N)CC(=O)Nc1ccccc1-n1ccnc1. The molecule has 1 heterocycles. The van der Waals surface area contributed by atoms with Crippen molar-refractivity contribution in [1.29, 1.82) is 0 Å². The molecule has 1 atom stereocenters. The molecule has 1 aromatic heterocycles. The summed E-state index contributed by atoms with van der Waals surface area (Å²) in [4.78, 5) is 16.2. The Labute approximate surface area is 125 Å². The number of nitrogens with zero attached hydrogens (tertiary/aromatic N) is 2. The van der Waals surface area contributed by atoms with Crippen molar-refractivity contribution in [3.63, 3.8) is 0 Å². The van der Waals surface area contributed by atoms with Crippen LogP contribution >= 0.6 is 0 Å². The summed E-state index contributed by atoms with van der Waals surface area (Å²) in [5.41, 5.74) is 7.60. The van der Waals surface area contributed by atoms with E-state index in [0.29, 0.717) is 6.42 Å². The lowest BCUT2D eigenvalue weighted by Crippen LogP contribution is -2.38. The van der Waals surface area contributed by atoms with Crippen molar-refractivity contribution >= 4 is 11.6 Å². The Morgan fingerprint density at radius 3 is 2.71 bits per heavy atom. The fourth-order valence-electron chi connectivity index (χ4n) is 1.91. The molecule has 0 aliphatic heterocycles. The molecular weight excluding hydrogens is 264 g/mol. The van der Waals surface area contributed by atoms with Crippen LogP contribution in [0.5, 0.6) is 0 Å². The van der Waals surface area contributed by atoms with Gasteiger partial charge < -0.3 is 15.6 Å². The Kier molecular flexibility index (Phi) is 4.43. The lowest BCUT2D eigenvalue weighted by atomic mass is 9.85. The molecule has 0 radical (unpaired) electrons. The molecule has 1 aromatic carbocycles. The van der Waals surface area contributed by atoms with Gasteiger partial charge in [-0.15, -0.1) is 0 Å². The molecule has 0 bridgehead atoms. The van der Waals surface area contributed by atoms with Gasteiger partial charge in [0.05, 0.1) is 17.7 Å². The third-order valence-corrected chi connectivity index (χ3v) is 3.48. The van der Waals surface area contributed by atoms with Crippen LogP contribution in [0.2, 0.25) is 0 Å². The summed E-state index contributed by atoms with van der Waals surface area (Å²) in [5.74, 6) is -0.0787. The van der Waals surface area contributed by atoms with E-state index in [1.807, 2.05) is 55.8 Å². The first-order valence-corrected chi connectivity index (χ1v) is 7.01. The average Bonchev–Trinajstić information content (AvgIpc) is 2.91. The van der Waals surface area contributed by atoms with Gasteiger partial charge in [0.1, 0.15) is 0 Å². The zero-order valence-electron chi connectivity index (χ0n) is 12.7. The number of benzene rings is 1. The maximum Gasteiger partial charge on any atom is 0.226 e. The fourth-order valence-corrected chi connectivity index (χ4v) is 1.91. The molecule has 0 fully saturated rings. The van der Waals surface area contributed by atoms with E-state index in [2.05, 4.69) is 10.3 Å². The average molecular weight is 286 g/mol. The van der Waals surface area contributed by atoms with E-state index >= 15 is 0 Å². The third kappa shape index (κ3) is 3.92. The van der Waals surface area contributed by atoms with Crippen molar-refractivity contribution < 1.29 is 4.79 Å². The van der Waals surface area contributed by atoms with Crippen molar-refractivity contribution in [3.8, 4) is 5.69 Å². The highest BCUT2D eigenvalue weighted by molar-refractivity contribution is 5.93. The predicted octanol–water partition coefficient (Wildman–Crippen LogP) is 2.57. The first-order chi connectivity index (χ1) is 9.88. The van der Waals surface area contributed by atoms with Crippen LogP contribution in [-0.4, -0.2) is 21.5 Å². The Morgan fingerprint density at radius 2 is 2.10 bits per heavy atom. The van der Waals surface area contributed by atoms with Crippen molar-refractivity contribution in [2.75, 3.05) is 5.32 Å². The number of rotatable bonds is 4. The van der Waals surface area contributed by atoms with Gasteiger partial charge in [-0.05, 0) is 17.5 Å². The van der Waals surface area contributed by atoms with E-state index in [0.717, 1.165) is 11.4 Å². The Bertz CT molecular complexity index is 599. The van der Waals surface area contributed by atoms with Crippen LogP contribution in [0.25, 0.3) is 5.69 Å². The van der Waals surface area contributed by atoms with Gasteiger partial charge in [0.15, 0.2) is 0 Å². The van der Waals surface area contributed by atoms with Gasteiger partial charge in [-0.2, -0.15) is 0 Å². The molecule has 0 saturated heterocycles. The summed E-state index contributed by atoms with van der Waals surface area (Å²) in [6.45, 7) is 6.10. The largest absolute Gasteiger partial charge is 0.327 e. The number of nitrogens with one attached hydrogen (secondary N) is 1. The summed E-state index contributed by atoms with van der Waals surface area (Å²) >= 11 is 0. The van der Waals surface area contributed by atoms with Crippen LogP contribution in [0.1, 0.15) is 27.2 Å². The van der Waals surface area contributed by atoms with Crippen LogP contribution in [0, 0.1) is 5.41 Å². The Hall–Kier alpha value is -2.14. The zero-order valence-corrected chi connectivity index (χ0v) is 12.7. The number of anilines is 1. The normalized spacial score (nSPS) is 13.0. The number of hydrogen-bond donors (Lipinski definition) is 2. The molecule has 5 heteroatoms. The van der Waals surface area contributed by atoms with E-state index in [4.69, 9.17) is 5.73 Å². The molecule has 112 valence electrons. The molecule has 1 unspecified atom stereocenters. The minimum Gasteiger partial charge on any atom is -0.327 e. The van der Waals surface area contributed by atoms with Crippen molar-refractivity contribution in [2.45, 2.75) is 33.2 Å². The minimum atomic E-state index is -0.182. The van der Waals surface area contributed by atoms with Crippen LogP contribution < -0.4 is 11.1 Å². The van der Waals surface area contributed by atoms with E-state index in [-0.39, 0.29) is 17.4 Å². The van der Waals surface area contributed by atoms with Gasteiger partial charge in [0.25, 0.3) is 0 Å². The maximum absolute atomic E-state index is 12.2. The molecule has 0 spiro atoms. The lowest BCUT2D eigenvalue weighted by molar-refractivity contribution is -0.117. The highest BCUT2D eigenvalue weighted by Gasteiger charge is 2.23. The van der Waals surface area contributed by atoms with E-state index < -0.39 is 0 Å². The Morgan fingerprint density at radius 1 is 1.38 bits per heavy atom. The molecule has 0 saturated carbocycles. The van der Waals surface area contributed by atoms with Crippen molar-refractivity contribution in [3.05, 3.63) is 43.0 Å². The number of hydrogen-bond acceptors (Lipinski definition) is 3. The summed E-state index contributed by atoms with van der Waals surface area (Å²) in [6.07, 6.45) is 5.54. The standard InChI is InChI=1S/C16H22N4O/c1-16(2,3)14(17)10-15(21)19-12-6-4-5-7-13(12)20-9-8-18-11-20/h4-9,11,14H,10,17H2,1-3H3,(H,19,21). The summed E-state index contributed by atoms with van der Waals surface area (Å²) in [5, 5.41) is 2.93. The quantitative estimate of drug-likeness (QED) is 0.907. The molecular formula is C16H22N4O. The maximum atomic E-state index is 12.2. The fraction of sp³-hybridized carbons (Fsp3) is 0.375. The molecule has 2 rings (SSSR count). The number of carbonyl (C=O) groups excluding carboxylic acids is 1. The third-order valence-electron chi connectivity index (χ3n) is 3.48. The molecule has 2 aromatic rings. The minimum absolute atomic E-state index is 0.0787. The number of nitrogens with two attached hydrogens (primary N) is 1. The van der Waals surface area contributed by atoms with Crippen molar-refractivity contribution in [1.82, 2.24) is 9.55 Å². The first kappa shape index (κ1) is 15.3. The number of imidazole rings is 1. The van der Waals surface area contributed by atoms with Gasteiger partial charge in [0.2, 0.25) is 5.91 Å². The first-order valence-electron chi connectivity index (χ1n) is 7.01. The van der Waals surface area contributed by atoms with E-state index in [9.17, 15) is 4.79 Å². The number of carbonyl (C=O) groups is 1. The monoisotopic (exact) mass is 286 g/mol. The predicted molar refractivity (Wildman–Crippen MR) is 84.2 cm³/mol. The number of para-hydroxylation sites is 2.